The molecule has 0 aromatic carbocycles. The number of hydrogen-bond acceptors (Lipinski definition) is 2. The van der Waals surface area contributed by atoms with Crippen molar-refractivity contribution in [2.75, 3.05) is 13.1 Å². The van der Waals surface area contributed by atoms with Crippen LogP contribution in [0.25, 0.3) is 0 Å². The fourth-order valence-corrected chi connectivity index (χ4v) is 1.32. The minimum absolute atomic E-state index is 0.182. The topological polar surface area (TPSA) is 41.1 Å². The highest BCUT2D eigenvalue weighted by atomic mass is 16.1. The van der Waals surface area contributed by atoms with Crippen molar-refractivity contribution in [3.63, 3.8) is 0 Å². The van der Waals surface area contributed by atoms with Gasteiger partial charge in [-0.25, -0.2) is 0 Å². The van der Waals surface area contributed by atoms with E-state index in [1.807, 2.05) is 0 Å². The summed E-state index contributed by atoms with van der Waals surface area (Å²) in [6.45, 7) is 10.2. The standard InChI is InChI=1S/C12H26N2O/c1-10(2)6-5-7-12(15)14-9-8-13-11(3)4/h10-11,13H,5-9H2,1-4H3,(H,14,15). The van der Waals surface area contributed by atoms with Gasteiger partial charge in [-0.3, -0.25) is 4.79 Å². The zero-order valence-corrected chi connectivity index (χ0v) is 10.6. The molecule has 0 saturated carbocycles. The molecule has 3 nitrogen and oxygen atoms in total. The van der Waals surface area contributed by atoms with E-state index in [1.165, 1.54) is 0 Å². The molecule has 0 fully saturated rings. The fraction of sp³-hybridized carbons (Fsp3) is 0.917. The number of rotatable bonds is 8. The Labute approximate surface area is 94.0 Å². The van der Waals surface area contributed by atoms with Gasteiger partial charge in [0.1, 0.15) is 0 Å². The van der Waals surface area contributed by atoms with Crippen LogP contribution in [0.5, 0.6) is 0 Å². The second-order valence-electron chi connectivity index (χ2n) is 4.74. The van der Waals surface area contributed by atoms with E-state index < -0.39 is 0 Å². The van der Waals surface area contributed by atoms with Gasteiger partial charge in [-0.1, -0.05) is 34.1 Å². The molecule has 1 amide bonds. The third-order valence-electron chi connectivity index (χ3n) is 2.19. The minimum Gasteiger partial charge on any atom is -0.355 e. The Morgan fingerprint density at radius 2 is 1.80 bits per heavy atom. The van der Waals surface area contributed by atoms with Gasteiger partial charge in [0.2, 0.25) is 5.91 Å². The predicted molar refractivity (Wildman–Crippen MR) is 64.8 cm³/mol. The van der Waals surface area contributed by atoms with Gasteiger partial charge in [-0.15, -0.1) is 0 Å². The first-order valence-electron chi connectivity index (χ1n) is 6.02. The number of nitrogens with one attached hydrogen (secondary N) is 2. The van der Waals surface area contributed by atoms with Gasteiger partial charge < -0.3 is 10.6 Å². The number of hydrogen-bond donors (Lipinski definition) is 2. The van der Waals surface area contributed by atoms with Crippen molar-refractivity contribution >= 4 is 5.91 Å². The van der Waals surface area contributed by atoms with Crippen molar-refractivity contribution in [1.29, 1.82) is 0 Å². The summed E-state index contributed by atoms with van der Waals surface area (Å²) >= 11 is 0. The SMILES string of the molecule is CC(C)CCCC(=O)NCCNC(C)C. The maximum atomic E-state index is 11.3. The Kier molecular flexibility index (Phi) is 8.38. The van der Waals surface area contributed by atoms with Crippen LogP contribution < -0.4 is 10.6 Å². The van der Waals surface area contributed by atoms with Crippen molar-refractivity contribution < 1.29 is 4.79 Å². The molecule has 0 unspecified atom stereocenters. The molecule has 0 spiro atoms. The lowest BCUT2D eigenvalue weighted by atomic mass is 10.1. The highest BCUT2D eigenvalue weighted by Crippen LogP contribution is 2.05. The Balaban J connectivity index is 3.26. The van der Waals surface area contributed by atoms with Gasteiger partial charge in [0, 0.05) is 25.6 Å². The summed E-state index contributed by atoms with van der Waals surface area (Å²) in [5, 5.41) is 6.17. The van der Waals surface area contributed by atoms with Crippen LogP contribution in [0.15, 0.2) is 0 Å². The van der Waals surface area contributed by atoms with Crippen molar-refractivity contribution in [1.82, 2.24) is 10.6 Å². The molecule has 0 aliphatic rings. The second kappa shape index (κ2) is 8.72. The van der Waals surface area contributed by atoms with E-state index in [4.69, 9.17) is 0 Å². The second-order valence-corrected chi connectivity index (χ2v) is 4.74. The molecular weight excluding hydrogens is 188 g/mol. The summed E-state index contributed by atoms with van der Waals surface area (Å²) in [5.41, 5.74) is 0. The number of carbonyl (C=O) groups excluding carboxylic acids is 1. The van der Waals surface area contributed by atoms with Crippen LogP contribution >= 0.6 is 0 Å². The monoisotopic (exact) mass is 214 g/mol. The molecule has 2 N–H and O–H groups in total. The van der Waals surface area contributed by atoms with Gasteiger partial charge in [0.05, 0.1) is 0 Å². The van der Waals surface area contributed by atoms with E-state index in [2.05, 4.69) is 38.3 Å². The molecule has 15 heavy (non-hydrogen) atoms. The first-order chi connectivity index (χ1) is 7.02. The van der Waals surface area contributed by atoms with E-state index in [0.717, 1.165) is 25.9 Å². The van der Waals surface area contributed by atoms with E-state index in [0.29, 0.717) is 18.4 Å². The zero-order valence-electron chi connectivity index (χ0n) is 10.6. The van der Waals surface area contributed by atoms with Crippen LogP contribution in [0, 0.1) is 5.92 Å². The van der Waals surface area contributed by atoms with Crippen LogP contribution in [0.4, 0.5) is 0 Å². The van der Waals surface area contributed by atoms with Crippen molar-refractivity contribution in [2.24, 2.45) is 5.92 Å². The van der Waals surface area contributed by atoms with Crippen LogP contribution in [-0.4, -0.2) is 25.0 Å². The quantitative estimate of drug-likeness (QED) is 0.606. The van der Waals surface area contributed by atoms with Gasteiger partial charge in [0.15, 0.2) is 0 Å². The third kappa shape index (κ3) is 11.4. The Bertz CT molecular complexity index is 167. The molecule has 0 aliphatic heterocycles. The van der Waals surface area contributed by atoms with Gasteiger partial charge in [-0.05, 0) is 12.3 Å². The average Bonchev–Trinajstić information content (AvgIpc) is 2.11. The van der Waals surface area contributed by atoms with E-state index in [1.54, 1.807) is 0 Å². The average molecular weight is 214 g/mol. The van der Waals surface area contributed by atoms with Gasteiger partial charge >= 0.3 is 0 Å². The predicted octanol–water partition coefficient (Wildman–Crippen LogP) is 1.93. The lowest BCUT2D eigenvalue weighted by molar-refractivity contribution is -0.121. The van der Waals surface area contributed by atoms with Crippen LogP contribution in [0.1, 0.15) is 47.0 Å². The molecule has 0 aromatic heterocycles. The minimum atomic E-state index is 0.182. The first kappa shape index (κ1) is 14.4. The fourth-order valence-electron chi connectivity index (χ4n) is 1.32. The highest BCUT2D eigenvalue weighted by molar-refractivity contribution is 5.75. The van der Waals surface area contributed by atoms with E-state index >= 15 is 0 Å². The smallest absolute Gasteiger partial charge is 0.220 e. The Morgan fingerprint density at radius 3 is 2.33 bits per heavy atom. The molecule has 90 valence electrons. The zero-order chi connectivity index (χ0) is 11.7. The molecule has 0 bridgehead atoms. The molecule has 0 aliphatic carbocycles. The van der Waals surface area contributed by atoms with Gasteiger partial charge in [0.25, 0.3) is 0 Å². The number of carbonyl (C=O) groups is 1. The Hall–Kier alpha value is -0.570. The van der Waals surface area contributed by atoms with Gasteiger partial charge in [-0.2, -0.15) is 0 Å². The largest absolute Gasteiger partial charge is 0.355 e. The van der Waals surface area contributed by atoms with Crippen LogP contribution in [0.2, 0.25) is 0 Å². The summed E-state index contributed by atoms with van der Waals surface area (Å²) in [7, 11) is 0. The molecule has 0 heterocycles. The summed E-state index contributed by atoms with van der Waals surface area (Å²) < 4.78 is 0. The summed E-state index contributed by atoms with van der Waals surface area (Å²) in [6.07, 6.45) is 2.80. The summed E-state index contributed by atoms with van der Waals surface area (Å²) in [5.74, 6) is 0.876. The molecule has 3 heteroatoms. The van der Waals surface area contributed by atoms with Crippen LogP contribution in [0.3, 0.4) is 0 Å². The molecule has 0 saturated heterocycles. The maximum Gasteiger partial charge on any atom is 0.220 e. The normalized spacial score (nSPS) is 11.1. The van der Waals surface area contributed by atoms with E-state index in [-0.39, 0.29) is 5.91 Å². The van der Waals surface area contributed by atoms with E-state index in [9.17, 15) is 4.79 Å². The lowest BCUT2D eigenvalue weighted by Gasteiger charge is -2.09. The summed E-state index contributed by atoms with van der Waals surface area (Å²) in [6, 6.07) is 0.489. The third-order valence-corrected chi connectivity index (χ3v) is 2.19. The number of amides is 1. The molecule has 0 aromatic rings. The first-order valence-corrected chi connectivity index (χ1v) is 6.02. The molecule has 0 atom stereocenters. The summed E-state index contributed by atoms with van der Waals surface area (Å²) in [4.78, 5) is 11.3. The highest BCUT2D eigenvalue weighted by Gasteiger charge is 2.01. The van der Waals surface area contributed by atoms with Crippen molar-refractivity contribution in [2.45, 2.75) is 53.0 Å². The van der Waals surface area contributed by atoms with Crippen molar-refractivity contribution in [3.05, 3.63) is 0 Å². The van der Waals surface area contributed by atoms with Crippen LogP contribution in [-0.2, 0) is 4.79 Å². The lowest BCUT2D eigenvalue weighted by Crippen LogP contribution is -2.34. The molecule has 0 radical (unpaired) electrons. The maximum absolute atomic E-state index is 11.3. The van der Waals surface area contributed by atoms with Crippen molar-refractivity contribution in [3.8, 4) is 0 Å². The molecular formula is C12H26N2O. The molecule has 0 rings (SSSR count). The Morgan fingerprint density at radius 1 is 1.13 bits per heavy atom.